The molecule has 0 bridgehead atoms. The van der Waals surface area contributed by atoms with E-state index in [-0.39, 0.29) is 0 Å². The van der Waals surface area contributed by atoms with E-state index in [1.165, 1.54) is 0 Å². The van der Waals surface area contributed by atoms with E-state index in [1.807, 2.05) is 24.3 Å². The highest BCUT2D eigenvalue weighted by molar-refractivity contribution is 6.04. The van der Waals surface area contributed by atoms with Gasteiger partial charge in [-0.15, -0.1) is 0 Å². The predicted molar refractivity (Wildman–Crippen MR) is 94.3 cm³/mol. The van der Waals surface area contributed by atoms with Crippen LogP contribution in [-0.4, -0.2) is 21.2 Å². The lowest BCUT2D eigenvalue weighted by molar-refractivity contribution is -0.364. The molecule has 2 aromatic rings. The lowest BCUT2D eigenvalue weighted by Crippen LogP contribution is -2.51. The predicted octanol–water partition coefficient (Wildman–Crippen LogP) is 4.52. The summed E-state index contributed by atoms with van der Waals surface area (Å²) in [5.41, 5.74) is 1.15. The van der Waals surface area contributed by atoms with Crippen LogP contribution in [0, 0.1) is 5.21 Å². The second-order valence-corrected chi connectivity index (χ2v) is 5.97. The molecule has 4 heteroatoms. The summed E-state index contributed by atoms with van der Waals surface area (Å²) in [6, 6.07) is 18.0. The highest BCUT2D eigenvalue weighted by Crippen LogP contribution is 2.27. The summed E-state index contributed by atoms with van der Waals surface area (Å²) < 4.78 is 0.828. The van der Waals surface area contributed by atoms with Gasteiger partial charge in [-0.3, -0.25) is 5.21 Å². The van der Waals surface area contributed by atoms with E-state index >= 15 is 0 Å². The van der Waals surface area contributed by atoms with E-state index in [0.29, 0.717) is 22.7 Å². The molecule has 0 aliphatic carbocycles. The number of hydroxylamine groups is 1. The van der Waals surface area contributed by atoms with E-state index in [2.05, 4.69) is 6.58 Å². The van der Waals surface area contributed by atoms with Gasteiger partial charge in [-0.05, 0) is 32.9 Å². The molecule has 0 aliphatic rings. The molecule has 120 valence electrons. The third-order valence-electron chi connectivity index (χ3n) is 3.71. The number of nitrogens with zero attached hydrogens (tertiary/aromatic N) is 2. The van der Waals surface area contributed by atoms with Gasteiger partial charge in [0, 0.05) is 17.7 Å². The Morgan fingerprint density at radius 1 is 1.04 bits per heavy atom. The highest BCUT2D eigenvalue weighted by atomic mass is 16.5. The first-order valence-electron chi connectivity index (χ1n) is 7.45. The topological polar surface area (TPSA) is 49.5 Å². The standard InChI is InChI=1S/C19H22N2O2/c1-15(2)18(20(22)16-11-7-5-8-12-16)19(3,4)21(23)17-13-9-6-10-14-17/h5-14,23H,1H2,2-4H3/b20-18-. The Balaban J connectivity index is 2.54. The average Bonchev–Trinajstić information content (AvgIpc) is 2.55. The van der Waals surface area contributed by atoms with E-state index in [1.54, 1.807) is 57.2 Å². The number of para-hydroxylation sites is 2. The van der Waals surface area contributed by atoms with Gasteiger partial charge in [-0.25, -0.2) is 5.06 Å². The third-order valence-corrected chi connectivity index (χ3v) is 3.71. The van der Waals surface area contributed by atoms with Gasteiger partial charge in [-0.2, -0.15) is 4.74 Å². The molecule has 2 aromatic carbocycles. The van der Waals surface area contributed by atoms with E-state index in [4.69, 9.17) is 0 Å². The minimum absolute atomic E-state index is 0.398. The van der Waals surface area contributed by atoms with Crippen molar-refractivity contribution in [2.45, 2.75) is 26.3 Å². The third kappa shape index (κ3) is 3.43. The minimum atomic E-state index is -0.954. The first kappa shape index (κ1) is 16.8. The molecule has 0 saturated carbocycles. The summed E-state index contributed by atoms with van der Waals surface area (Å²) in [5, 5.41) is 24.6. The summed E-state index contributed by atoms with van der Waals surface area (Å²) in [4.78, 5) is 0. The van der Waals surface area contributed by atoms with Gasteiger partial charge in [0.1, 0.15) is 5.54 Å². The molecule has 0 atom stereocenters. The summed E-state index contributed by atoms with van der Waals surface area (Å²) >= 11 is 0. The minimum Gasteiger partial charge on any atom is -0.618 e. The molecule has 2 rings (SSSR count). The summed E-state index contributed by atoms with van der Waals surface area (Å²) in [5.74, 6) is 0. The van der Waals surface area contributed by atoms with E-state index < -0.39 is 5.54 Å². The average molecular weight is 310 g/mol. The van der Waals surface area contributed by atoms with Crippen LogP contribution in [-0.2, 0) is 0 Å². The van der Waals surface area contributed by atoms with Crippen molar-refractivity contribution in [3.63, 3.8) is 0 Å². The van der Waals surface area contributed by atoms with Crippen molar-refractivity contribution < 1.29 is 9.95 Å². The van der Waals surface area contributed by atoms with Crippen LogP contribution < -0.4 is 5.06 Å². The zero-order chi connectivity index (χ0) is 17.0. The summed E-state index contributed by atoms with van der Waals surface area (Å²) in [7, 11) is 0. The van der Waals surface area contributed by atoms with Crippen LogP contribution >= 0.6 is 0 Å². The molecule has 0 aliphatic heterocycles. The van der Waals surface area contributed by atoms with E-state index in [0.717, 1.165) is 9.80 Å². The number of benzene rings is 2. The molecule has 0 fully saturated rings. The first-order chi connectivity index (χ1) is 10.9. The molecule has 0 saturated heterocycles. The van der Waals surface area contributed by atoms with Gasteiger partial charge in [0.15, 0.2) is 0 Å². The molecule has 0 spiro atoms. The Hall–Kier alpha value is -2.59. The fraction of sp³-hybridized carbons (Fsp3) is 0.211. The van der Waals surface area contributed by atoms with Gasteiger partial charge >= 0.3 is 0 Å². The van der Waals surface area contributed by atoms with Crippen LogP contribution in [0.4, 0.5) is 11.4 Å². The normalized spacial score (nSPS) is 12.5. The SMILES string of the molecule is C=C(C)/C(=[N+](/[O-])c1ccccc1)C(C)(C)N(O)c1ccccc1. The molecular weight excluding hydrogens is 288 g/mol. The van der Waals surface area contributed by atoms with Crippen molar-refractivity contribution in [2.75, 3.05) is 5.06 Å². The zero-order valence-electron chi connectivity index (χ0n) is 13.7. The van der Waals surface area contributed by atoms with Crippen LogP contribution in [0.5, 0.6) is 0 Å². The lowest BCUT2D eigenvalue weighted by Gasteiger charge is -2.34. The number of rotatable bonds is 5. The maximum Gasteiger partial charge on any atom is 0.223 e. The molecule has 0 amide bonds. The number of hydrogen-bond acceptors (Lipinski definition) is 3. The second kappa shape index (κ2) is 6.67. The van der Waals surface area contributed by atoms with Crippen molar-refractivity contribution in [1.29, 1.82) is 0 Å². The van der Waals surface area contributed by atoms with E-state index in [9.17, 15) is 10.4 Å². The fourth-order valence-electron chi connectivity index (χ4n) is 2.63. The maximum atomic E-state index is 12.8. The zero-order valence-corrected chi connectivity index (χ0v) is 13.7. The smallest absolute Gasteiger partial charge is 0.223 e. The van der Waals surface area contributed by atoms with Gasteiger partial charge in [0.05, 0.1) is 5.69 Å². The molecule has 4 nitrogen and oxygen atoms in total. The van der Waals surface area contributed by atoms with Gasteiger partial charge in [0.25, 0.3) is 0 Å². The van der Waals surface area contributed by atoms with Crippen LogP contribution in [0.15, 0.2) is 72.8 Å². The van der Waals surface area contributed by atoms with Crippen molar-refractivity contribution >= 4 is 17.1 Å². The molecule has 0 unspecified atom stereocenters. The van der Waals surface area contributed by atoms with Crippen molar-refractivity contribution in [2.24, 2.45) is 0 Å². The Labute approximate surface area is 137 Å². The molecule has 1 N–H and O–H groups in total. The van der Waals surface area contributed by atoms with Crippen LogP contribution in [0.3, 0.4) is 0 Å². The quantitative estimate of drug-likeness (QED) is 0.382. The van der Waals surface area contributed by atoms with Crippen LogP contribution in [0.1, 0.15) is 20.8 Å². The second-order valence-electron chi connectivity index (χ2n) is 5.97. The molecular formula is C19H22N2O2. The summed E-state index contributed by atoms with van der Waals surface area (Å²) in [6.45, 7) is 9.27. The molecule has 0 heterocycles. The van der Waals surface area contributed by atoms with Gasteiger partial charge < -0.3 is 5.21 Å². The Morgan fingerprint density at radius 2 is 1.52 bits per heavy atom. The van der Waals surface area contributed by atoms with Gasteiger partial charge in [-0.1, -0.05) is 43.0 Å². The van der Waals surface area contributed by atoms with Crippen LogP contribution in [0.2, 0.25) is 0 Å². The monoisotopic (exact) mass is 310 g/mol. The molecule has 0 radical (unpaired) electrons. The Bertz CT molecular complexity index is 707. The number of anilines is 1. The fourth-order valence-corrected chi connectivity index (χ4v) is 2.63. The van der Waals surface area contributed by atoms with Gasteiger partial charge in [0.2, 0.25) is 11.4 Å². The molecule has 0 aromatic heterocycles. The van der Waals surface area contributed by atoms with Crippen LogP contribution in [0.25, 0.3) is 0 Å². The Kier molecular flexibility index (Phi) is 4.86. The lowest BCUT2D eigenvalue weighted by atomic mass is 9.92. The molecule has 23 heavy (non-hydrogen) atoms. The van der Waals surface area contributed by atoms with Crippen molar-refractivity contribution in [3.05, 3.63) is 78.0 Å². The maximum absolute atomic E-state index is 12.8. The summed E-state index contributed by atoms with van der Waals surface area (Å²) in [6.07, 6.45) is 0. The highest BCUT2D eigenvalue weighted by Gasteiger charge is 2.39. The van der Waals surface area contributed by atoms with Crippen molar-refractivity contribution in [3.8, 4) is 0 Å². The number of hydrogen-bond donors (Lipinski definition) is 1. The Morgan fingerprint density at radius 3 is 2.00 bits per heavy atom. The largest absolute Gasteiger partial charge is 0.618 e. The first-order valence-corrected chi connectivity index (χ1v) is 7.45. The van der Waals surface area contributed by atoms with Crippen molar-refractivity contribution in [1.82, 2.24) is 0 Å².